The third-order valence-corrected chi connectivity index (χ3v) is 3.88. The minimum atomic E-state index is 0.0369. The summed E-state index contributed by atoms with van der Waals surface area (Å²) in [7, 11) is 2.18. The van der Waals surface area contributed by atoms with Gasteiger partial charge in [0.2, 0.25) is 0 Å². The van der Waals surface area contributed by atoms with Crippen molar-refractivity contribution in [3.8, 4) is 6.07 Å². The van der Waals surface area contributed by atoms with Gasteiger partial charge in [0.15, 0.2) is 0 Å². The molecule has 1 aliphatic carbocycles. The normalized spacial score (nSPS) is 33.4. The topological polar surface area (TPSA) is 27.0 Å². The monoisotopic (exact) mass is 178 g/mol. The van der Waals surface area contributed by atoms with Crippen molar-refractivity contribution in [1.82, 2.24) is 4.90 Å². The van der Waals surface area contributed by atoms with Crippen LogP contribution in [0.25, 0.3) is 0 Å². The van der Waals surface area contributed by atoms with Crippen molar-refractivity contribution < 1.29 is 0 Å². The molecule has 1 atom stereocenters. The summed E-state index contributed by atoms with van der Waals surface area (Å²) < 4.78 is 0. The van der Waals surface area contributed by atoms with Gasteiger partial charge in [-0.3, -0.25) is 0 Å². The van der Waals surface area contributed by atoms with Crippen LogP contribution in [0.5, 0.6) is 0 Å². The molecule has 0 aromatic rings. The van der Waals surface area contributed by atoms with Crippen molar-refractivity contribution >= 4 is 0 Å². The number of rotatable bonds is 1. The molecule has 0 N–H and O–H groups in total. The number of nitriles is 1. The molecular weight excluding hydrogens is 160 g/mol. The highest BCUT2D eigenvalue weighted by Crippen LogP contribution is 2.47. The predicted octanol–water partition coefficient (Wildman–Crippen LogP) is 2.16. The quantitative estimate of drug-likeness (QED) is 0.615. The molecule has 1 heterocycles. The van der Waals surface area contributed by atoms with E-state index >= 15 is 0 Å². The first kappa shape index (κ1) is 9.02. The molecule has 1 unspecified atom stereocenters. The van der Waals surface area contributed by atoms with Crippen LogP contribution in [0.15, 0.2) is 0 Å². The van der Waals surface area contributed by atoms with Crippen LogP contribution in [0.1, 0.15) is 38.5 Å². The average molecular weight is 178 g/mol. The Morgan fingerprint density at radius 1 is 1.31 bits per heavy atom. The number of hydrogen-bond donors (Lipinski definition) is 0. The Morgan fingerprint density at radius 2 is 2.08 bits per heavy atom. The lowest BCUT2D eigenvalue weighted by Gasteiger charge is -2.48. The first-order valence-electron chi connectivity index (χ1n) is 5.40. The first-order valence-corrected chi connectivity index (χ1v) is 5.40. The maximum Gasteiger partial charge on any atom is 0.0728 e. The molecule has 2 fully saturated rings. The zero-order valence-corrected chi connectivity index (χ0v) is 8.42. The molecule has 0 spiro atoms. The Labute approximate surface area is 80.5 Å². The van der Waals surface area contributed by atoms with E-state index in [0.717, 1.165) is 12.8 Å². The lowest BCUT2D eigenvalue weighted by atomic mass is 9.63. The van der Waals surface area contributed by atoms with E-state index in [-0.39, 0.29) is 5.41 Å². The largest absolute Gasteiger partial charge is 0.302 e. The number of hydrogen-bond acceptors (Lipinski definition) is 2. The van der Waals surface area contributed by atoms with Gasteiger partial charge in [-0.15, -0.1) is 0 Å². The average Bonchev–Trinajstić information content (AvgIpc) is 2.07. The molecule has 0 radical (unpaired) electrons. The van der Waals surface area contributed by atoms with Crippen LogP contribution < -0.4 is 0 Å². The van der Waals surface area contributed by atoms with Crippen molar-refractivity contribution in [2.24, 2.45) is 5.41 Å². The van der Waals surface area contributed by atoms with Gasteiger partial charge < -0.3 is 4.90 Å². The molecule has 1 saturated carbocycles. The molecular formula is C11H18N2. The van der Waals surface area contributed by atoms with Crippen LogP contribution in [0.3, 0.4) is 0 Å². The molecule has 72 valence electrons. The molecule has 0 bridgehead atoms. The summed E-state index contributed by atoms with van der Waals surface area (Å²) in [5, 5.41) is 9.23. The van der Waals surface area contributed by atoms with Gasteiger partial charge in [-0.2, -0.15) is 5.26 Å². The van der Waals surface area contributed by atoms with E-state index in [4.69, 9.17) is 0 Å². The standard InChI is InChI=1S/C11H18N2/c1-13-8-3-2-5-10(13)11(9-12)6-4-7-11/h10H,2-8H2,1H3. The molecule has 0 aromatic carbocycles. The van der Waals surface area contributed by atoms with Crippen molar-refractivity contribution in [2.45, 2.75) is 44.6 Å². The van der Waals surface area contributed by atoms with Crippen LogP contribution in [0.2, 0.25) is 0 Å². The molecule has 2 heteroatoms. The lowest BCUT2D eigenvalue weighted by molar-refractivity contribution is 0.0344. The molecule has 0 amide bonds. The van der Waals surface area contributed by atoms with Gasteiger partial charge in [-0.25, -0.2) is 0 Å². The third-order valence-electron chi connectivity index (χ3n) is 3.88. The zero-order chi connectivity index (χ0) is 9.31. The van der Waals surface area contributed by atoms with Crippen LogP contribution in [0.4, 0.5) is 0 Å². The van der Waals surface area contributed by atoms with E-state index in [1.165, 1.54) is 32.2 Å². The summed E-state index contributed by atoms with van der Waals surface area (Å²) in [6.07, 6.45) is 7.41. The molecule has 0 aromatic heterocycles. The van der Waals surface area contributed by atoms with Gasteiger partial charge in [-0.05, 0) is 39.3 Å². The smallest absolute Gasteiger partial charge is 0.0728 e. The van der Waals surface area contributed by atoms with Crippen LogP contribution in [-0.2, 0) is 0 Å². The van der Waals surface area contributed by atoms with E-state index in [0.29, 0.717) is 6.04 Å². The molecule has 2 rings (SSSR count). The zero-order valence-electron chi connectivity index (χ0n) is 8.42. The highest BCUT2D eigenvalue weighted by molar-refractivity contribution is 5.11. The van der Waals surface area contributed by atoms with E-state index in [1.807, 2.05) is 0 Å². The molecule has 2 nitrogen and oxygen atoms in total. The Hall–Kier alpha value is -0.550. The maximum absolute atomic E-state index is 9.23. The second-order valence-corrected chi connectivity index (χ2v) is 4.61. The molecule has 1 aliphatic heterocycles. The Bertz CT molecular complexity index is 225. The number of nitrogens with zero attached hydrogens (tertiary/aromatic N) is 2. The van der Waals surface area contributed by atoms with Crippen molar-refractivity contribution in [1.29, 1.82) is 5.26 Å². The fourth-order valence-electron chi connectivity index (χ4n) is 2.85. The van der Waals surface area contributed by atoms with Crippen molar-refractivity contribution in [3.05, 3.63) is 0 Å². The minimum absolute atomic E-state index is 0.0369. The Morgan fingerprint density at radius 3 is 2.54 bits per heavy atom. The van der Waals surface area contributed by atoms with Crippen LogP contribution in [0, 0.1) is 16.7 Å². The summed E-state index contributed by atoms with van der Waals surface area (Å²) >= 11 is 0. The summed E-state index contributed by atoms with van der Waals surface area (Å²) in [5.74, 6) is 0. The van der Waals surface area contributed by atoms with Gasteiger partial charge in [0.25, 0.3) is 0 Å². The first-order chi connectivity index (χ1) is 6.28. The maximum atomic E-state index is 9.23. The van der Waals surface area contributed by atoms with E-state index < -0.39 is 0 Å². The fraction of sp³-hybridized carbons (Fsp3) is 0.909. The Balaban J connectivity index is 2.09. The van der Waals surface area contributed by atoms with E-state index in [1.54, 1.807) is 0 Å². The van der Waals surface area contributed by atoms with Crippen LogP contribution >= 0.6 is 0 Å². The van der Waals surface area contributed by atoms with E-state index in [9.17, 15) is 5.26 Å². The number of piperidine rings is 1. The highest BCUT2D eigenvalue weighted by atomic mass is 15.1. The molecule has 1 saturated heterocycles. The molecule has 2 aliphatic rings. The predicted molar refractivity (Wildman–Crippen MR) is 52.2 cm³/mol. The summed E-state index contributed by atoms with van der Waals surface area (Å²) in [6, 6.07) is 3.13. The van der Waals surface area contributed by atoms with Gasteiger partial charge in [-0.1, -0.05) is 12.8 Å². The SMILES string of the molecule is CN1CCCCC1C1(C#N)CCC1. The summed E-state index contributed by atoms with van der Waals surface area (Å²) in [6.45, 7) is 1.19. The Kier molecular flexibility index (Phi) is 2.29. The van der Waals surface area contributed by atoms with Crippen molar-refractivity contribution in [2.75, 3.05) is 13.6 Å². The van der Waals surface area contributed by atoms with E-state index in [2.05, 4.69) is 18.0 Å². The third kappa shape index (κ3) is 1.36. The second-order valence-electron chi connectivity index (χ2n) is 4.61. The van der Waals surface area contributed by atoms with Gasteiger partial charge in [0, 0.05) is 6.04 Å². The van der Waals surface area contributed by atoms with Crippen molar-refractivity contribution in [3.63, 3.8) is 0 Å². The van der Waals surface area contributed by atoms with Crippen LogP contribution in [-0.4, -0.2) is 24.5 Å². The van der Waals surface area contributed by atoms with Gasteiger partial charge in [0.05, 0.1) is 11.5 Å². The molecule has 13 heavy (non-hydrogen) atoms. The number of likely N-dealkylation sites (tertiary alicyclic amines) is 1. The fourth-order valence-corrected chi connectivity index (χ4v) is 2.85. The lowest BCUT2D eigenvalue weighted by Crippen LogP contribution is -2.51. The second kappa shape index (κ2) is 3.31. The van der Waals surface area contributed by atoms with Gasteiger partial charge in [0.1, 0.15) is 0 Å². The summed E-state index contributed by atoms with van der Waals surface area (Å²) in [4.78, 5) is 2.41. The summed E-state index contributed by atoms with van der Waals surface area (Å²) in [5.41, 5.74) is 0.0369. The highest BCUT2D eigenvalue weighted by Gasteiger charge is 2.46. The van der Waals surface area contributed by atoms with Gasteiger partial charge >= 0.3 is 0 Å². The minimum Gasteiger partial charge on any atom is -0.302 e.